The van der Waals surface area contributed by atoms with Gasteiger partial charge in [-0.2, -0.15) is 0 Å². The molecule has 0 rings (SSSR count). The molecule has 0 spiro atoms. The molecule has 0 amide bonds. The zero-order chi connectivity index (χ0) is 0. The summed E-state index contributed by atoms with van der Waals surface area (Å²) in [7, 11) is 0. The molecule has 0 bridgehead atoms. The van der Waals surface area contributed by atoms with E-state index in [1.54, 1.807) is 0 Å². The van der Waals surface area contributed by atoms with E-state index in [2.05, 4.69) is 0 Å². The van der Waals surface area contributed by atoms with E-state index in [4.69, 9.17) is 0 Å². The molecule has 0 aromatic rings. The standard InChI is InChI=1S/Ba.Mn.2O/q2*+2;2*-2. The van der Waals surface area contributed by atoms with Crippen LogP contribution in [-0.2, 0) is 28.0 Å². The third-order valence-electron chi connectivity index (χ3n) is 0. The molecule has 2 nitrogen and oxygen atoms in total. The van der Waals surface area contributed by atoms with Gasteiger partial charge in [-0.15, -0.1) is 0 Å². The van der Waals surface area contributed by atoms with Gasteiger partial charge >= 0.3 is 65.9 Å². The molecule has 0 heterocycles. The monoisotopic (exact) mass is 225 g/mol. The van der Waals surface area contributed by atoms with Crippen LogP contribution in [0.25, 0.3) is 0 Å². The Bertz CT molecular complexity index is 6.00. The molecule has 0 aromatic carbocycles. The van der Waals surface area contributed by atoms with Gasteiger partial charge in [0, 0.05) is 0 Å². The van der Waals surface area contributed by atoms with Crippen LogP contribution in [0.2, 0.25) is 0 Å². The first-order chi connectivity index (χ1) is 0. The first-order valence-electron chi connectivity index (χ1n) is 0. The van der Waals surface area contributed by atoms with E-state index in [0.29, 0.717) is 0 Å². The Morgan fingerprint density at radius 2 is 0.750 bits per heavy atom. The first kappa shape index (κ1) is 37.3. The van der Waals surface area contributed by atoms with E-state index in [1.165, 1.54) is 0 Å². The minimum Gasteiger partial charge on any atom is -2.00 e. The van der Waals surface area contributed by atoms with Gasteiger partial charge in [-0.05, 0) is 0 Å². The predicted octanol–water partition coefficient (Wildman–Crippen LogP) is -0.621. The van der Waals surface area contributed by atoms with Gasteiger partial charge in [-0.3, -0.25) is 0 Å². The van der Waals surface area contributed by atoms with Crippen LogP contribution in [0.1, 0.15) is 0 Å². The summed E-state index contributed by atoms with van der Waals surface area (Å²) in [6, 6.07) is 0. The van der Waals surface area contributed by atoms with Gasteiger partial charge in [0.05, 0.1) is 0 Å². The molecule has 0 atom stereocenters. The Morgan fingerprint density at radius 1 is 0.750 bits per heavy atom. The van der Waals surface area contributed by atoms with Gasteiger partial charge in [-0.1, -0.05) is 0 Å². The van der Waals surface area contributed by atoms with Gasteiger partial charge in [0.15, 0.2) is 0 Å². The van der Waals surface area contributed by atoms with Crippen LogP contribution >= 0.6 is 0 Å². The summed E-state index contributed by atoms with van der Waals surface area (Å²) in [5.74, 6) is 0. The molecule has 0 fully saturated rings. The maximum absolute atomic E-state index is 0. The molecule has 4 heavy (non-hydrogen) atoms. The summed E-state index contributed by atoms with van der Waals surface area (Å²) in [6.45, 7) is 0. The van der Waals surface area contributed by atoms with Crippen molar-refractivity contribution in [1.82, 2.24) is 0 Å². The van der Waals surface area contributed by atoms with Crippen molar-refractivity contribution in [2.75, 3.05) is 0 Å². The minimum atomic E-state index is 0. The summed E-state index contributed by atoms with van der Waals surface area (Å²) in [4.78, 5) is 0. The molecule has 1 radical (unpaired) electrons. The molecule has 0 saturated heterocycles. The Labute approximate surface area is 75.5 Å². The molecular formula is BaMnO2. The van der Waals surface area contributed by atoms with Crippen LogP contribution in [0.4, 0.5) is 0 Å². The first-order valence-corrected chi connectivity index (χ1v) is 0. The molecule has 0 aliphatic heterocycles. The second-order valence-electron chi connectivity index (χ2n) is 0. The molecule has 0 aromatic heterocycles. The van der Waals surface area contributed by atoms with E-state index in [9.17, 15) is 0 Å². The summed E-state index contributed by atoms with van der Waals surface area (Å²) < 4.78 is 0. The summed E-state index contributed by atoms with van der Waals surface area (Å²) in [5.41, 5.74) is 0. The zero-order valence-electron chi connectivity index (χ0n) is 1.90. The minimum absolute atomic E-state index is 0. The fourth-order valence-corrected chi connectivity index (χ4v) is 0. The Kier molecular flexibility index (Phi) is 186. The van der Waals surface area contributed by atoms with Crippen molar-refractivity contribution in [2.24, 2.45) is 0 Å². The quantitative estimate of drug-likeness (QED) is 0.492. The van der Waals surface area contributed by atoms with Crippen LogP contribution < -0.4 is 0 Å². The Morgan fingerprint density at radius 3 is 0.750 bits per heavy atom. The zero-order valence-corrected chi connectivity index (χ0v) is 7.52. The van der Waals surface area contributed by atoms with Crippen LogP contribution in [0.15, 0.2) is 0 Å². The Balaban J connectivity index is 0. The maximum Gasteiger partial charge on any atom is 2.00 e. The van der Waals surface area contributed by atoms with E-state index in [-0.39, 0.29) is 76.9 Å². The number of hydrogen-bond acceptors (Lipinski definition) is 0. The van der Waals surface area contributed by atoms with Crippen molar-refractivity contribution < 1.29 is 28.0 Å². The van der Waals surface area contributed by atoms with Crippen LogP contribution in [0.5, 0.6) is 0 Å². The van der Waals surface area contributed by atoms with Crippen molar-refractivity contribution in [3.05, 3.63) is 0 Å². The average Bonchev–Trinajstić information content (AvgIpc) is 0. The average molecular weight is 224 g/mol. The van der Waals surface area contributed by atoms with Crippen molar-refractivity contribution in [3.63, 3.8) is 0 Å². The molecule has 4 heteroatoms. The summed E-state index contributed by atoms with van der Waals surface area (Å²) >= 11 is 0. The second kappa shape index (κ2) is 19.9. The molecule has 0 unspecified atom stereocenters. The fourth-order valence-electron chi connectivity index (χ4n) is 0. The Hall–Kier alpha value is 2.01. The van der Waals surface area contributed by atoms with Crippen molar-refractivity contribution in [3.8, 4) is 0 Å². The van der Waals surface area contributed by atoms with Crippen molar-refractivity contribution in [1.29, 1.82) is 0 Å². The van der Waals surface area contributed by atoms with E-state index in [0.717, 1.165) is 0 Å². The van der Waals surface area contributed by atoms with Gasteiger partial charge in [0.2, 0.25) is 0 Å². The SMILES string of the molecule is [Ba+2].[Mn+2].[O-2].[O-2]. The predicted molar refractivity (Wildman–Crippen MR) is 7.13 cm³/mol. The largest absolute Gasteiger partial charge is 2.00 e. The smallest absolute Gasteiger partial charge is 2.00 e. The fraction of sp³-hybridized carbons (Fsp3) is 0. The van der Waals surface area contributed by atoms with E-state index in [1.807, 2.05) is 0 Å². The third-order valence-corrected chi connectivity index (χ3v) is 0. The normalized spacial score (nSPS) is 0. The molecule has 0 aliphatic rings. The summed E-state index contributed by atoms with van der Waals surface area (Å²) in [6.07, 6.45) is 0. The van der Waals surface area contributed by atoms with Gasteiger partial charge < -0.3 is 11.0 Å². The maximum atomic E-state index is 0. The van der Waals surface area contributed by atoms with E-state index >= 15 is 0 Å². The third kappa shape index (κ3) is 8.99. The topological polar surface area (TPSA) is 57.0 Å². The molecule has 21 valence electrons. The number of hydrogen-bond donors (Lipinski definition) is 0. The number of rotatable bonds is 0. The van der Waals surface area contributed by atoms with Crippen molar-refractivity contribution >= 4 is 48.9 Å². The molecule has 0 saturated carbocycles. The molecular weight excluding hydrogens is 224 g/mol. The van der Waals surface area contributed by atoms with Crippen molar-refractivity contribution in [2.45, 2.75) is 0 Å². The van der Waals surface area contributed by atoms with Gasteiger partial charge in [-0.25, -0.2) is 0 Å². The van der Waals surface area contributed by atoms with Crippen LogP contribution in [0, 0.1) is 0 Å². The van der Waals surface area contributed by atoms with E-state index < -0.39 is 0 Å². The second-order valence-corrected chi connectivity index (χ2v) is 0. The van der Waals surface area contributed by atoms with Crippen LogP contribution in [0.3, 0.4) is 0 Å². The van der Waals surface area contributed by atoms with Gasteiger partial charge in [0.1, 0.15) is 0 Å². The molecule has 0 aliphatic carbocycles. The molecule has 0 N–H and O–H groups in total. The summed E-state index contributed by atoms with van der Waals surface area (Å²) in [5, 5.41) is 0. The van der Waals surface area contributed by atoms with Crippen LogP contribution in [-0.4, -0.2) is 48.9 Å². The van der Waals surface area contributed by atoms with Gasteiger partial charge in [0.25, 0.3) is 0 Å².